The molecule has 2 saturated carbocycles. The van der Waals surface area contributed by atoms with E-state index in [9.17, 15) is 4.39 Å². The molecule has 0 unspecified atom stereocenters. The van der Waals surface area contributed by atoms with Gasteiger partial charge in [-0.15, -0.1) is 0 Å². The maximum atomic E-state index is 12.4. The second-order valence-corrected chi connectivity index (χ2v) is 11.5. The minimum Gasteiger partial charge on any atom is -0.207 e. The number of nitrogens with zero attached hydrogens (tertiary/aromatic N) is 3. The van der Waals surface area contributed by atoms with Gasteiger partial charge in [0.2, 0.25) is 0 Å². The van der Waals surface area contributed by atoms with Crippen molar-refractivity contribution in [2.75, 3.05) is 0 Å². The van der Waals surface area contributed by atoms with Crippen molar-refractivity contribution in [3.05, 3.63) is 51.3 Å². The Morgan fingerprint density at radius 2 is 1.71 bits per heavy atom. The fourth-order valence-corrected chi connectivity index (χ4v) is 4.82. The number of halogens is 3. The molecule has 2 fully saturated rings. The van der Waals surface area contributed by atoms with Crippen molar-refractivity contribution in [1.82, 2.24) is 10.5 Å². The van der Waals surface area contributed by atoms with Gasteiger partial charge in [0.25, 0.3) is 0 Å². The van der Waals surface area contributed by atoms with Crippen LogP contribution in [-0.2, 0) is 25.9 Å². The van der Waals surface area contributed by atoms with Crippen molar-refractivity contribution < 1.29 is 23.7 Å². The molecule has 2 aliphatic rings. The van der Waals surface area contributed by atoms with Crippen molar-refractivity contribution in [2.45, 2.75) is 51.2 Å². The van der Waals surface area contributed by atoms with Crippen molar-refractivity contribution in [1.29, 1.82) is 0 Å². The predicted octanol–water partition coefficient (Wildman–Crippen LogP) is 5.67. The number of hydrogen-bond donors (Lipinski definition) is 0. The third kappa shape index (κ3) is 5.24. The van der Waals surface area contributed by atoms with Crippen molar-refractivity contribution in [3.63, 3.8) is 0 Å². The van der Waals surface area contributed by atoms with Crippen LogP contribution in [0.2, 0.25) is 0 Å². The summed E-state index contributed by atoms with van der Waals surface area (Å²) in [7, 11) is 0. The Morgan fingerprint density at radius 3 is 2.21 bits per heavy atom. The van der Waals surface area contributed by atoms with Gasteiger partial charge in [-0.2, -0.15) is 1.33 Å². The summed E-state index contributed by atoms with van der Waals surface area (Å²) >= 11 is 6.84. The van der Waals surface area contributed by atoms with Crippen LogP contribution in [0.5, 0.6) is 0 Å². The smallest absolute Gasteiger partial charge is 0.123 e. The first-order chi connectivity index (χ1) is 11.5. The predicted molar refractivity (Wildman–Crippen MR) is 107 cm³/mol. The Morgan fingerprint density at radius 1 is 1.12 bits per heavy atom. The average Bonchev–Trinajstić information content (AvgIpc) is 3.42. The zero-order chi connectivity index (χ0) is 17.3. The zero-order valence-corrected chi connectivity index (χ0v) is 20.0. The van der Waals surface area contributed by atoms with E-state index in [1.165, 1.54) is 47.3 Å². The first kappa shape index (κ1) is 19.2. The summed E-state index contributed by atoms with van der Waals surface area (Å²) in [5, 5.41) is 0. The van der Waals surface area contributed by atoms with Crippen molar-refractivity contribution >= 4 is 45.7 Å². The number of aryl methyl sites for hydroxylation is 1. The van der Waals surface area contributed by atoms with Crippen molar-refractivity contribution in [2.24, 2.45) is 0 Å². The summed E-state index contributed by atoms with van der Waals surface area (Å²) in [6.45, 7) is 3.07. The standard InChI is InChI=1S/C10H14N2.C7H6FI2N.Pt/c1-8-6-11(9-2-3-9)7-12(8)10-4-5-10;8-7-3-1-6(2-4-7)5-11(9)10;/h6,9-10H,2-5H2,1H3;1-4H,5H2;. The summed E-state index contributed by atoms with van der Waals surface area (Å²) in [5.74, 6) is -0.179. The SMILES string of the molecule is Cc1cn(C2CC2)[c](=[Pt])n1C1CC1.Fc1ccc(CN(I)I)cc1. The van der Waals surface area contributed by atoms with Crippen LogP contribution in [0.1, 0.15) is 49.0 Å². The van der Waals surface area contributed by atoms with E-state index in [1.807, 2.05) is 1.33 Å². The van der Waals surface area contributed by atoms with E-state index in [0.29, 0.717) is 0 Å². The Labute approximate surface area is 181 Å². The third-order valence-electron chi connectivity index (χ3n) is 4.15. The number of benzene rings is 1. The molecule has 24 heavy (non-hydrogen) atoms. The second-order valence-electron chi connectivity index (χ2n) is 6.34. The summed E-state index contributed by atoms with van der Waals surface area (Å²) in [6.07, 6.45) is 7.87. The summed E-state index contributed by atoms with van der Waals surface area (Å²) in [4.78, 5) is 0. The molecule has 3 nitrogen and oxygen atoms in total. The largest absolute Gasteiger partial charge is 0.207 e. The number of rotatable bonds is 4. The molecular weight excluding hydrogens is 714 g/mol. The molecule has 7 heteroatoms. The Hall–Kier alpha value is 0.468. The molecule has 0 atom stereocenters. The molecular formula is C17H20FI2N3Pt. The second kappa shape index (κ2) is 8.44. The maximum Gasteiger partial charge on any atom is 0.123 e. The van der Waals surface area contributed by atoms with Gasteiger partial charge in [-0.05, 0) is 17.7 Å². The van der Waals surface area contributed by atoms with Gasteiger partial charge >= 0.3 is 88.9 Å². The van der Waals surface area contributed by atoms with E-state index in [1.54, 1.807) is 12.1 Å². The number of imidazole rings is 1. The molecule has 2 aromatic rings. The van der Waals surface area contributed by atoms with Crippen LogP contribution in [0.25, 0.3) is 0 Å². The molecule has 0 radical (unpaired) electrons. The van der Waals surface area contributed by atoms with Crippen LogP contribution in [0, 0.1) is 16.5 Å². The van der Waals surface area contributed by atoms with Crippen molar-refractivity contribution in [3.8, 4) is 0 Å². The fourth-order valence-electron chi connectivity index (χ4n) is 2.66. The van der Waals surface area contributed by atoms with Gasteiger partial charge in [0.05, 0.1) is 0 Å². The third-order valence-corrected chi connectivity index (χ3v) is 5.97. The number of aromatic nitrogens is 2. The van der Waals surface area contributed by atoms with Gasteiger partial charge in [-0.25, -0.2) is 4.39 Å². The first-order valence-electron chi connectivity index (χ1n) is 8.04. The molecule has 134 valence electrons. The quantitative estimate of drug-likeness (QED) is 0.292. The molecule has 0 amide bonds. The molecule has 0 N–H and O–H groups in total. The van der Waals surface area contributed by atoms with Crippen LogP contribution in [0.4, 0.5) is 4.39 Å². The molecule has 0 bridgehead atoms. The molecule has 0 saturated heterocycles. The average molecular weight is 734 g/mol. The molecule has 1 aromatic heterocycles. The molecule has 2 aliphatic carbocycles. The minimum absolute atomic E-state index is 0.179. The molecule has 0 spiro atoms. The van der Waals surface area contributed by atoms with E-state index in [0.717, 1.165) is 24.2 Å². The van der Waals surface area contributed by atoms with Gasteiger partial charge in [-0.3, -0.25) is 0 Å². The Balaban J connectivity index is 0.000000144. The summed E-state index contributed by atoms with van der Waals surface area (Å²) in [6, 6.07) is 8.19. The van der Waals surface area contributed by atoms with Gasteiger partial charge in [0, 0.05) is 52.3 Å². The maximum absolute atomic E-state index is 12.4. The van der Waals surface area contributed by atoms with Gasteiger partial charge in [-0.1, -0.05) is 12.1 Å². The van der Waals surface area contributed by atoms with Crippen LogP contribution >= 0.6 is 45.7 Å². The normalized spacial score (nSPS) is 17.0. The van der Waals surface area contributed by atoms with E-state index in [4.69, 9.17) is 0 Å². The summed E-state index contributed by atoms with van der Waals surface area (Å²) in [5.41, 5.74) is 2.56. The van der Waals surface area contributed by atoms with Crippen LogP contribution in [0.3, 0.4) is 0 Å². The molecule has 1 heterocycles. The zero-order valence-electron chi connectivity index (χ0n) is 13.4. The summed E-state index contributed by atoms with van der Waals surface area (Å²) < 4.78 is 20.8. The van der Waals surface area contributed by atoms with Gasteiger partial charge < -0.3 is 0 Å². The molecule has 0 aliphatic heterocycles. The molecule has 1 aromatic carbocycles. The van der Waals surface area contributed by atoms with E-state index in [-0.39, 0.29) is 5.82 Å². The van der Waals surface area contributed by atoms with Gasteiger partial charge in [0.1, 0.15) is 5.82 Å². The Bertz CT molecular complexity index is 746. The Kier molecular flexibility index (Phi) is 6.76. The topological polar surface area (TPSA) is 13.1 Å². The van der Waals surface area contributed by atoms with Crippen LogP contribution < -0.4 is 0 Å². The minimum atomic E-state index is -0.179. The van der Waals surface area contributed by atoms with Crippen LogP contribution in [0.15, 0.2) is 30.5 Å². The first-order valence-corrected chi connectivity index (χ1v) is 11.1. The van der Waals surface area contributed by atoms with Crippen LogP contribution in [-0.4, -0.2) is 10.5 Å². The number of hydrogen-bond acceptors (Lipinski definition) is 1. The van der Waals surface area contributed by atoms with E-state index in [2.05, 4.69) is 87.3 Å². The fraction of sp³-hybridized carbons (Fsp3) is 0.471. The van der Waals surface area contributed by atoms with Gasteiger partial charge in [0.15, 0.2) is 0 Å². The van der Waals surface area contributed by atoms with E-state index >= 15 is 0 Å². The monoisotopic (exact) mass is 734 g/mol. The molecule has 4 rings (SSSR count). The van der Waals surface area contributed by atoms with E-state index < -0.39 is 0 Å².